The smallest absolute Gasteiger partial charge is 0.410 e. The second-order valence-corrected chi connectivity index (χ2v) is 6.76. The summed E-state index contributed by atoms with van der Waals surface area (Å²) >= 11 is 0. The summed E-state index contributed by atoms with van der Waals surface area (Å²) in [6, 6.07) is -0.380. The van der Waals surface area contributed by atoms with Crippen molar-refractivity contribution in [2.24, 2.45) is 5.92 Å². The van der Waals surface area contributed by atoms with Gasteiger partial charge in [-0.3, -0.25) is 9.69 Å². The molecule has 122 valence electrons. The van der Waals surface area contributed by atoms with Crippen LogP contribution in [0, 0.1) is 5.92 Å². The lowest BCUT2D eigenvalue weighted by molar-refractivity contribution is -0.125. The van der Waals surface area contributed by atoms with E-state index in [1.807, 2.05) is 20.8 Å². The summed E-state index contributed by atoms with van der Waals surface area (Å²) in [5.41, 5.74) is -0.532. The standard InChI is InChI=1S/C16H30N2O3/c1-6-12(7-2)11-17-14(19)13-9-8-10-18(13)15(20)21-16(3,4)5/h12-13H,6-11H2,1-5H3,(H,17,19). The molecule has 0 saturated carbocycles. The highest BCUT2D eigenvalue weighted by atomic mass is 16.6. The molecule has 1 aliphatic heterocycles. The van der Waals surface area contributed by atoms with Gasteiger partial charge in [0.05, 0.1) is 0 Å². The first-order chi connectivity index (χ1) is 9.78. The Kier molecular flexibility index (Phi) is 6.49. The van der Waals surface area contributed by atoms with Gasteiger partial charge in [-0.05, 0) is 39.5 Å². The van der Waals surface area contributed by atoms with Crippen LogP contribution in [0.3, 0.4) is 0 Å². The molecule has 2 amide bonds. The van der Waals surface area contributed by atoms with Crippen LogP contribution >= 0.6 is 0 Å². The number of carbonyl (C=O) groups excluding carboxylic acids is 2. The van der Waals surface area contributed by atoms with Gasteiger partial charge >= 0.3 is 6.09 Å². The minimum absolute atomic E-state index is 0.0507. The first-order valence-electron chi connectivity index (χ1n) is 8.05. The molecule has 1 rings (SSSR count). The fourth-order valence-electron chi connectivity index (χ4n) is 2.52. The molecule has 5 nitrogen and oxygen atoms in total. The van der Waals surface area contributed by atoms with Gasteiger partial charge in [-0.15, -0.1) is 0 Å². The van der Waals surface area contributed by atoms with Gasteiger partial charge in [0.1, 0.15) is 11.6 Å². The highest BCUT2D eigenvalue weighted by Gasteiger charge is 2.36. The summed E-state index contributed by atoms with van der Waals surface area (Å²) < 4.78 is 5.38. The van der Waals surface area contributed by atoms with Crippen molar-refractivity contribution in [3.63, 3.8) is 0 Å². The molecule has 0 spiro atoms. The number of nitrogens with zero attached hydrogens (tertiary/aromatic N) is 1. The van der Waals surface area contributed by atoms with E-state index in [-0.39, 0.29) is 18.0 Å². The molecule has 5 heteroatoms. The first-order valence-corrected chi connectivity index (χ1v) is 8.05. The van der Waals surface area contributed by atoms with Crippen LogP contribution in [0.4, 0.5) is 4.79 Å². The highest BCUT2D eigenvalue weighted by molar-refractivity contribution is 5.86. The summed E-state index contributed by atoms with van der Waals surface area (Å²) in [6.45, 7) is 11.0. The molecule has 1 unspecified atom stereocenters. The van der Waals surface area contributed by atoms with Crippen LogP contribution in [0.5, 0.6) is 0 Å². The minimum atomic E-state index is -0.532. The molecule has 1 saturated heterocycles. The average molecular weight is 298 g/mol. The Morgan fingerprint density at radius 3 is 2.43 bits per heavy atom. The lowest BCUT2D eigenvalue weighted by Crippen LogP contribution is -2.48. The van der Waals surface area contributed by atoms with Crippen molar-refractivity contribution in [3.05, 3.63) is 0 Å². The third-order valence-electron chi connectivity index (χ3n) is 3.90. The van der Waals surface area contributed by atoms with Gasteiger partial charge in [0.25, 0.3) is 0 Å². The molecular formula is C16H30N2O3. The molecule has 1 atom stereocenters. The Morgan fingerprint density at radius 2 is 1.90 bits per heavy atom. The number of ether oxygens (including phenoxy) is 1. The molecule has 1 heterocycles. The Morgan fingerprint density at radius 1 is 1.29 bits per heavy atom. The maximum absolute atomic E-state index is 12.3. The van der Waals surface area contributed by atoms with Gasteiger partial charge in [-0.2, -0.15) is 0 Å². The Balaban J connectivity index is 2.56. The van der Waals surface area contributed by atoms with Crippen LogP contribution in [0.2, 0.25) is 0 Å². The van der Waals surface area contributed by atoms with Crippen molar-refractivity contribution in [2.75, 3.05) is 13.1 Å². The minimum Gasteiger partial charge on any atom is -0.444 e. The average Bonchev–Trinajstić information content (AvgIpc) is 2.87. The van der Waals surface area contributed by atoms with E-state index in [0.717, 1.165) is 19.3 Å². The van der Waals surface area contributed by atoms with Crippen LogP contribution in [-0.4, -0.2) is 41.6 Å². The van der Waals surface area contributed by atoms with E-state index in [1.165, 1.54) is 0 Å². The zero-order valence-corrected chi connectivity index (χ0v) is 14.1. The van der Waals surface area contributed by atoms with Gasteiger partial charge in [-0.1, -0.05) is 26.7 Å². The number of amides is 2. The maximum Gasteiger partial charge on any atom is 0.410 e. The van der Waals surface area contributed by atoms with E-state index < -0.39 is 5.60 Å². The number of rotatable bonds is 5. The number of hydrogen-bond donors (Lipinski definition) is 1. The van der Waals surface area contributed by atoms with Crippen molar-refractivity contribution in [1.82, 2.24) is 10.2 Å². The van der Waals surface area contributed by atoms with Crippen LogP contribution in [-0.2, 0) is 9.53 Å². The molecule has 0 aromatic carbocycles. The summed E-state index contributed by atoms with van der Waals surface area (Å²) in [5, 5.41) is 2.99. The summed E-state index contributed by atoms with van der Waals surface area (Å²) in [7, 11) is 0. The zero-order valence-electron chi connectivity index (χ0n) is 14.1. The predicted molar refractivity (Wildman–Crippen MR) is 83.0 cm³/mol. The van der Waals surface area contributed by atoms with E-state index in [0.29, 0.717) is 25.4 Å². The zero-order chi connectivity index (χ0) is 16.0. The van der Waals surface area contributed by atoms with Gasteiger partial charge in [0.2, 0.25) is 5.91 Å². The second kappa shape index (κ2) is 7.66. The molecule has 21 heavy (non-hydrogen) atoms. The molecule has 0 aromatic rings. The van der Waals surface area contributed by atoms with Crippen molar-refractivity contribution in [3.8, 4) is 0 Å². The monoisotopic (exact) mass is 298 g/mol. The maximum atomic E-state index is 12.3. The number of carbonyl (C=O) groups is 2. The summed E-state index contributed by atoms with van der Waals surface area (Å²) in [5.74, 6) is 0.454. The highest BCUT2D eigenvalue weighted by Crippen LogP contribution is 2.21. The van der Waals surface area contributed by atoms with E-state index in [9.17, 15) is 9.59 Å². The van der Waals surface area contributed by atoms with Crippen LogP contribution in [0.1, 0.15) is 60.3 Å². The summed E-state index contributed by atoms with van der Waals surface area (Å²) in [4.78, 5) is 26.0. The van der Waals surface area contributed by atoms with Crippen molar-refractivity contribution in [1.29, 1.82) is 0 Å². The van der Waals surface area contributed by atoms with Gasteiger partial charge in [-0.25, -0.2) is 4.79 Å². The Bertz CT molecular complexity index is 359. The lowest BCUT2D eigenvalue weighted by Gasteiger charge is -2.28. The van der Waals surface area contributed by atoms with E-state index in [2.05, 4.69) is 19.2 Å². The largest absolute Gasteiger partial charge is 0.444 e. The predicted octanol–water partition coefficient (Wildman–Crippen LogP) is 2.94. The molecule has 0 bridgehead atoms. The Labute approximate surface area is 128 Å². The molecule has 1 N–H and O–H groups in total. The third-order valence-corrected chi connectivity index (χ3v) is 3.90. The molecule has 0 radical (unpaired) electrons. The Hall–Kier alpha value is -1.26. The van der Waals surface area contributed by atoms with Gasteiger partial charge in [0, 0.05) is 13.1 Å². The SMILES string of the molecule is CCC(CC)CNC(=O)C1CCCN1C(=O)OC(C)(C)C. The summed E-state index contributed by atoms with van der Waals surface area (Å²) in [6.07, 6.45) is 3.28. The van der Waals surface area contributed by atoms with E-state index in [1.54, 1.807) is 4.90 Å². The normalized spacial score (nSPS) is 19.0. The second-order valence-electron chi connectivity index (χ2n) is 6.76. The molecule has 1 aliphatic rings. The molecule has 0 aromatic heterocycles. The van der Waals surface area contributed by atoms with Crippen molar-refractivity contribution < 1.29 is 14.3 Å². The fraction of sp³-hybridized carbons (Fsp3) is 0.875. The number of nitrogens with one attached hydrogen (secondary N) is 1. The number of likely N-dealkylation sites (tertiary alicyclic amines) is 1. The van der Waals surface area contributed by atoms with E-state index >= 15 is 0 Å². The van der Waals surface area contributed by atoms with Crippen LogP contribution in [0.15, 0.2) is 0 Å². The van der Waals surface area contributed by atoms with Crippen molar-refractivity contribution in [2.45, 2.75) is 71.9 Å². The quantitative estimate of drug-likeness (QED) is 0.849. The topological polar surface area (TPSA) is 58.6 Å². The van der Waals surface area contributed by atoms with Crippen LogP contribution in [0.25, 0.3) is 0 Å². The van der Waals surface area contributed by atoms with Gasteiger partial charge < -0.3 is 10.1 Å². The first kappa shape index (κ1) is 17.8. The molecule has 1 fully saturated rings. The number of hydrogen-bond acceptors (Lipinski definition) is 3. The van der Waals surface area contributed by atoms with Crippen LogP contribution < -0.4 is 5.32 Å². The van der Waals surface area contributed by atoms with E-state index in [4.69, 9.17) is 4.74 Å². The fourth-order valence-corrected chi connectivity index (χ4v) is 2.52. The van der Waals surface area contributed by atoms with Crippen molar-refractivity contribution >= 4 is 12.0 Å². The van der Waals surface area contributed by atoms with Gasteiger partial charge in [0.15, 0.2) is 0 Å². The third kappa shape index (κ3) is 5.56. The molecular weight excluding hydrogens is 268 g/mol. The lowest BCUT2D eigenvalue weighted by atomic mass is 10.0. The molecule has 0 aliphatic carbocycles.